The number of ether oxygens (including phenoxy) is 2. The zero-order chi connectivity index (χ0) is 15.4. The summed E-state index contributed by atoms with van der Waals surface area (Å²) in [4.78, 5) is 12.1. The molecule has 0 saturated heterocycles. The molecule has 0 spiro atoms. The van der Waals surface area contributed by atoms with E-state index in [4.69, 9.17) is 9.47 Å². The maximum atomic E-state index is 12.1. The van der Waals surface area contributed by atoms with Crippen molar-refractivity contribution in [1.82, 2.24) is 20.2 Å². The molecule has 0 aliphatic carbocycles. The maximum absolute atomic E-state index is 12.1. The Morgan fingerprint density at radius 3 is 2.55 bits per heavy atom. The Morgan fingerprint density at radius 2 is 1.86 bits per heavy atom. The monoisotopic (exact) mass is 296 g/mol. The number of hydrogen-bond donors (Lipinski definition) is 0. The summed E-state index contributed by atoms with van der Waals surface area (Å²) in [6.07, 6.45) is 1.48. The van der Waals surface area contributed by atoms with Crippen LogP contribution < -0.4 is 9.47 Å². The number of benzene rings is 2. The van der Waals surface area contributed by atoms with Crippen LogP contribution in [0, 0.1) is 0 Å². The largest absolute Gasteiger partial charge is 0.497 e. The standard InChI is InChI=1S/C15H12N4O3/c1-21-13-3-2-4-14(9-13)22-15(20)11-5-7-12(8-6-11)19-10-16-17-18-19/h2-10H,1H3. The molecule has 2 aromatic carbocycles. The Balaban J connectivity index is 1.74. The lowest BCUT2D eigenvalue weighted by Gasteiger charge is -2.06. The molecular formula is C15H12N4O3. The van der Waals surface area contributed by atoms with Gasteiger partial charge >= 0.3 is 5.97 Å². The molecule has 1 aromatic heterocycles. The zero-order valence-corrected chi connectivity index (χ0v) is 11.7. The Morgan fingerprint density at radius 1 is 1.09 bits per heavy atom. The van der Waals surface area contributed by atoms with E-state index in [9.17, 15) is 4.79 Å². The first-order chi connectivity index (χ1) is 10.8. The highest BCUT2D eigenvalue weighted by molar-refractivity contribution is 5.91. The van der Waals surface area contributed by atoms with Gasteiger partial charge in [-0.3, -0.25) is 0 Å². The lowest BCUT2D eigenvalue weighted by molar-refractivity contribution is 0.0734. The predicted molar refractivity (Wildman–Crippen MR) is 77.1 cm³/mol. The molecule has 7 heteroatoms. The van der Waals surface area contributed by atoms with Gasteiger partial charge in [0.25, 0.3) is 0 Å². The summed E-state index contributed by atoms with van der Waals surface area (Å²) >= 11 is 0. The maximum Gasteiger partial charge on any atom is 0.343 e. The molecule has 0 unspecified atom stereocenters. The molecule has 3 aromatic rings. The Kier molecular flexibility index (Phi) is 3.78. The van der Waals surface area contributed by atoms with E-state index in [0.29, 0.717) is 17.1 Å². The SMILES string of the molecule is COc1cccc(OC(=O)c2ccc(-n3cnnn3)cc2)c1. The van der Waals surface area contributed by atoms with Gasteiger partial charge in [0.2, 0.25) is 0 Å². The highest BCUT2D eigenvalue weighted by Gasteiger charge is 2.09. The van der Waals surface area contributed by atoms with Crippen molar-refractivity contribution in [2.75, 3.05) is 7.11 Å². The van der Waals surface area contributed by atoms with Gasteiger partial charge in [0, 0.05) is 6.07 Å². The van der Waals surface area contributed by atoms with Gasteiger partial charge in [-0.15, -0.1) is 5.10 Å². The predicted octanol–water partition coefficient (Wildman–Crippen LogP) is 1.89. The number of tetrazole rings is 1. The van der Waals surface area contributed by atoms with Gasteiger partial charge in [0.05, 0.1) is 18.4 Å². The number of hydrogen-bond acceptors (Lipinski definition) is 6. The van der Waals surface area contributed by atoms with Crippen LogP contribution in [0.5, 0.6) is 11.5 Å². The van der Waals surface area contributed by atoms with Gasteiger partial charge in [-0.25, -0.2) is 9.48 Å². The highest BCUT2D eigenvalue weighted by Crippen LogP contribution is 2.20. The normalized spacial score (nSPS) is 10.2. The third-order valence-corrected chi connectivity index (χ3v) is 2.97. The van der Waals surface area contributed by atoms with Crippen molar-refractivity contribution in [3.05, 3.63) is 60.4 Å². The number of rotatable bonds is 4. The van der Waals surface area contributed by atoms with Crippen LogP contribution in [0.2, 0.25) is 0 Å². The summed E-state index contributed by atoms with van der Waals surface area (Å²) in [5.74, 6) is 0.602. The molecule has 0 aliphatic heterocycles. The number of carbonyl (C=O) groups excluding carboxylic acids is 1. The minimum absolute atomic E-state index is 0.425. The van der Waals surface area contributed by atoms with E-state index < -0.39 is 5.97 Å². The van der Waals surface area contributed by atoms with Gasteiger partial charge in [0.1, 0.15) is 17.8 Å². The Bertz CT molecular complexity index is 770. The minimum atomic E-state index is -0.448. The summed E-state index contributed by atoms with van der Waals surface area (Å²) in [5, 5.41) is 10.9. The molecule has 3 rings (SSSR count). The fraction of sp³-hybridized carbons (Fsp3) is 0.0667. The van der Waals surface area contributed by atoms with Crippen LogP contribution in [0.4, 0.5) is 0 Å². The number of nitrogens with zero attached hydrogens (tertiary/aromatic N) is 4. The number of aromatic nitrogens is 4. The van der Waals surface area contributed by atoms with Crippen LogP contribution in [0.15, 0.2) is 54.9 Å². The van der Waals surface area contributed by atoms with E-state index in [1.54, 1.807) is 55.6 Å². The summed E-state index contributed by atoms with van der Waals surface area (Å²) in [6.45, 7) is 0. The molecule has 110 valence electrons. The lowest BCUT2D eigenvalue weighted by Crippen LogP contribution is -2.08. The van der Waals surface area contributed by atoms with Gasteiger partial charge in [-0.05, 0) is 46.8 Å². The third kappa shape index (κ3) is 2.93. The van der Waals surface area contributed by atoms with E-state index in [0.717, 1.165) is 5.69 Å². The first-order valence-electron chi connectivity index (χ1n) is 6.46. The Labute approximate surface area is 126 Å². The van der Waals surface area contributed by atoms with Crippen molar-refractivity contribution in [2.45, 2.75) is 0 Å². The fourth-order valence-corrected chi connectivity index (χ4v) is 1.86. The molecule has 0 amide bonds. The first kappa shape index (κ1) is 13.7. The van der Waals surface area contributed by atoms with Crippen molar-refractivity contribution in [2.24, 2.45) is 0 Å². The minimum Gasteiger partial charge on any atom is -0.497 e. The van der Waals surface area contributed by atoms with Crippen LogP contribution in [-0.4, -0.2) is 33.3 Å². The number of carbonyl (C=O) groups is 1. The highest BCUT2D eigenvalue weighted by atomic mass is 16.5. The summed E-state index contributed by atoms with van der Waals surface area (Å²) < 4.78 is 11.9. The molecule has 0 aliphatic rings. The van der Waals surface area contributed by atoms with Gasteiger partial charge in [0.15, 0.2) is 0 Å². The molecule has 0 N–H and O–H groups in total. The van der Waals surface area contributed by atoms with Crippen LogP contribution in [0.1, 0.15) is 10.4 Å². The van der Waals surface area contributed by atoms with E-state index in [-0.39, 0.29) is 0 Å². The average molecular weight is 296 g/mol. The topological polar surface area (TPSA) is 79.1 Å². The van der Waals surface area contributed by atoms with Gasteiger partial charge in [-0.2, -0.15) is 0 Å². The van der Waals surface area contributed by atoms with E-state index >= 15 is 0 Å². The summed E-state index contributed by atoms with van der Waals surface area (Å²) in [7, 11) is 1.55. The van der Waals surface area contributed by atoms with Crippen molar-refractivity contribution in [3.63, 3.8) is 0 Å². The molecule has 7 nitrogen and oxygen atoms in total. The van der Waals surface area contributed by atoms with Crippen molar-refractivity contribution < 1.29 is 14.3 Å². The molecule has 0 bridgehead atoms. The molecular weight excluding hydrogens is 284 g/mol. The number of esters is 1. The zero-order valence-electron chi connectivity index (χ0n) is 11.7. The lowest BCUT2D eigenvalue weighted by atomic mass is 10.2. The van der Waals surface area contributed by atoms with E-state index in [2.05, 4.69) is 15.5 Å². The van der Waals surface area contributed by atoms with Crippen molar-refractivity contribution >= 4 is 5.97 Å². The fourth-order valence-electron chi connectivity index (χ4n) is 1.86. The van der Waals surface area contributed by atoms with E-state index in [1.807, 2.05) is 0 Å². The molecule has 0 fully saturated rings. The molecule has 22 heavy (non-hydrogen) atoms. The molecule has 0 atom stereocenters. The first-order valence-corrected chi connectivity index (χ1v) is 6.46. The summed E-state index contributed by atoms with van der Waals surface area (Å²) in [6, 6.07) is 13.6. The smallest absolute Gasteiger partial charge is 0.343 e. The van der Waals surface area contributed by atoms with Crippen LogP contribution in [-0.2, 0) is 0 Å². The van der Waals surface area contributed by atoms with Crippen molar-refractivity contribution in [3.8, 4) is 17.2 Å². The molecule has 0 radical (unpaired) electrons. The second-order valence-corrected chi connectivity index (χ2v) is 4.37. The quantitative estimate of drug-likeness (QED) is 0.540. The van der Waals surface area contributed by atoms with Gasteiger partial charge in [-0.1, -0.05) is 6.07 Å². The average Bonchev–Trinajstić information content (AvgIpc) is 3.09. The Hall–Kier alpha value is -3.22. The van der Waals surface area contributed by atoms with E-state index in [1.165, 1.54) is 11.0 Å². The van der Waals surface area contributed by atoms with Gasteiger partial charge < -0.3 is 9.47 Å². The second-order valence-electron chi connectivity index (χ2n) is 4.37. The van der Waals surface area contributed by atoms with Crippen LogP contribution in [0.3, 0.4) is 0 Å². The molecule has 0 saturated carbocycles. The molecule has 1 heterocycles. The third-order valence-electron chi connectivity index (χ3n) is 2.97. The van der Waals surface area contributed by atoms with Crippen LogP contribution >= 0.6 is 0 Å². The number of methoxy groups -OCH3 is 1. The van der Waals surface area contributed by atoms with Crippen molar-refractivity contribution in [1.29, 1.82) is 0 Å². The summed E-state index contributed by atoms with van der Waals surface area (Å²) in [5.41, 5.74) is 1.18. The van der Waals surface area contributed by atoms with Crippen LogP contribution in [0.25, 0.3) is 5.69 Å². The second kappa shape index (κ2) is 6.04.